The zero-order valence-corrected chi connectivity index (χ0v) is 9.49. The molecule has 0 N–H and O–H groups in total. The van der Waals surface area contributed by atoms with E-state index in [4.69, 9.17) is 13.9 Å². The average molecular weight is 212 g/mol. The van der Waals surface area contributed by atoms with E-state index in [9.17, 15) is 4.79 Å². The summed E-state index contributed by atoms with van der Waals surface area (Å²) in [4.78, 5) is 11.5. The van der Waals surface area contributed by atoms with Gasteiger partial charge in [-0.25, -0.2) is 4.79 Å². The van der Waals surface area contributed by atoms with E-state index in [0.717, 1.165) is 0 Å². The van der Waals surface area contributed by atoms with Crippen molar-refractivity contribution >= 4 is 5.97 Å². The van der Waals surface area contributed by atoms with Crippen LogP contribution in [0.5, 0.6) is 5.75 Å². The van der Waals surface area contributed by atoms with E-state index in [1.165, 1.54) is 0 Å². The normalized spacial score (nSPS) is 10.5. The Morgan fingerprint density at radius 1 is 1.53 bits per heavy atom. The second kappa shape index (κ2) is 4.87. The van der Waals surface area contributed by atoms with Crippen LogP contribution in [0.15, 0.2) is 10.5 Å². The van der Waals surface area contributed by atoms with E-state index < -0.39 is 5.97 Å². The van der Waals surface area contributed by atoms with E-state index in [0.29, 0.717) is 18.1 Å². The van der Waals surface area contributed by atoms with Crippen molar-refractivity contribution in [2.75, 3.05) is 6.61 Å². The molecule has 0 aliphatic heterocycles. The van der Waals surface area contributed by atoms with Crippen LogP contribution in [0.4, 0.5) is 0 Å². The fourth-order valence-corrected chi connectivity index (χ4v) is 1.17. The Balaban J connectivity index is 2.90. The molecule has 0 saturated heterocycles. The van der Waals surface area contributed by atoms with Crippen molar-refractivity contribution in [3.63, 3.8) is 0 Å². The number of aryl methyl sites for hydroxylation is 1. The number of furan rings is 1. The van der Waals surface area contributed by atoms with Crippen LogP contribution in [0, 0.1) is 6.92 Å². The first-order valence-corrected chi connectivity index (χ1v) is 4.98. The maximum absolute atomic E-state index is 11.5. The minimum atomic E-state index is -0.485. The lowest BCUT2D eigenvalue weighted by Crippen LogP contribution is -2.10. The first-order valence-electron chi connectivity index (χ1n) is 4.98. The molecular weight excluding hydrogens is 196 g/mol. The Labute approximate surface area is 89.2 Å². The van der Waals surface area contributed by atoms with E-state index >= 15 is 0 Å². The second-order valence-electron chi connectivity index (χ2n) is 3.44. The minimum absolute atomic E-state index is 0.00447. The van der Waals surface area contributed by atoms with Crippen molar-refractivity contribution in [3.8, 4) is 5.75 Å². The topological polar surface area (TPSA) is 48.7 Å². The molecule has 0 aliphatic rings. The fourth-order valence-electron chi connectivity index (χ4n) is 1.17. The van der Waals surface area contributed by atoms with Gasteiger partial charge in [0.1, 0.15) is 5.76 Å². The van der Waals surface area contributed by atoms with Gasteiger partial charge >= 0.3 is 5.97 Å². The summed E-state index contributed by atoms with van der Waals surface area (Å²) in [5, 5.41) is 0. The standard InChI is InChI=1S/C11H16O4/c1-5-13-11(12)10-9(14-7(2)3)6-8(4)15-10/h6-7H,5H2,1-4H3. The quantitative estimate of drug-likeness (QED) is 0.719. The summed E-state index contributed by atoms with van der Waals surface area (Å²) in [6.45, 7) is 7.60. The summed E-state index contributed by atoms with van der Waals surface area (Å²) in [7, 11) is 0. The summed E-state index contributed by atoms with van der Waals surface area (Å²) in [5.41, 5.74) is 0. The Morgan fingerprint density at radius 3 is 2.73 bits per heavy atom. The molecule has 0 atom stereocenters. The van der Waals surface area contributed by atoms with Gasteiger partial charge < -0.3 is 13.9 Å². The molecule has 15 heavy (non-hydrogen) atoms. The summed E-state index contributed by atoms with van der Waals surface area (Å²) >= 11 is 0. The van der Waals surface area contributed by atoms with Crippen LogP contribution in [-0.4, -0.2) is 18.7 Å². The molecule has 1 aromatic heterocycles. The highest BCUT2D eigenvalue weighted by molar-refractivity contribution is 5.89. The average Bonchev–Trinajstić information content (AvgIpc) is 2.46. The summed E-state index contributed by atoms with van der Waals surface area (Å²) in [6, 6.07) is 1.69. The Morgan fingerprint density at radius 2 is 2.20 bits per heavy atom. The summed E-state index contributed by atoms with van der Waals surface area (Å²) < 4.78 is 15.5. The van der Waals surface area contributed by atoms with E-state index in [2.05, 4.69) is 0 Å². The predicted octanol–water partition coefficient (Wildman–Crippen LogP) is 2.55. The molecule has 1 rings (SSSR count). The van der Waals surface area contributed by atoms with Crippen molar-refractivity contribution in [2.45, 2.75) is 33.8 Å². The Bertz CT molecular complexity index is 338. The van der Waals surface area contributed by atoms with E-state index in [1.807, 2.05) is 13.8 Å². The molecule has 0 bridgehead atoms. The molecule has 0 fully saturated rings. The van der Waals surface area contributed by atoms with Crippen molar-refractivity contribution in [1.82, 2.24) is 0 Å². The highest BCUT2D eigenvalue weighted by Crippen LogP contribution is 2.25. The van der Waals surface area contributed by atoms with E-state index in [1.54, 1.807) is 19.9 Å². The first-order chi connectivity index (χ1) is 7.04. The first kappa shape index (κ1) is 11.6. The van der Waals surface area contributed by atoms with Crippen LogP contribution >= 0.6 is 0 Å². The molecule has 1 aromatic rings. The second-order valence-corrected chi connectivity index (χ2v) is 3.44. The van der Waals surface area contributed by atoms with Gasteiger partial charge in [0.05, 0.1) is 12.7 Å². The number of hydrogen-bond acceptors (Lipinski definition) is 4. The van der Waals surface area contributed by atoms with Gasteiger partial charge in [-0.1, -0.05) is 0 Å². The monoisotopic (exact) mass is 212 g/mol. The van der Waals surface area contributed by atoms with Crippen LogP contribution in [0.3, 0.4) is 0 Å². The zero-order chi connectivity index (χ0) is 11.4. The van der Waals surface area contributed by atoms with Crippen LogP contribution in [0.1, 0.15) is 37.1 Å². The van der Waals surface area contributed by atoms with Gasteiger partial charge in [-0.3, -0.25) is 0 Å². The highest BCUT2D eigenvalue weighted by Gasteiger charge is 2.20. The molecular formula is C11H16O4. The minimum Gasteiger partial charge on any atom is -0.487 e. The largest absolute Gasteiger partial charge is 0.487 e. The van der Waals surface area contributed by atoms with Crippen molar-refractivity contribution < 1.29 is 18.7 Å². The molecule has 84 valence electrons. The smallest absolute Gasteiger partial charge is 0.378 e. The van der Waals surface area contributed by atoms with Crippen LogP contribution < -0.4 is 4.74 Å². The zero-order valence-electron chi connectivity index (χ0n) is 9.49. The molecule has 0 amide bonds. The van der Waals surface area contributed by atoms with Crippen LogP contribution in [0.25, 0.3) is 0 Å². The summed E-state index contributed by atoms with van der Waals surface area (Å²) in [5.74, 6) is 0.735. The van der Waals surface area contributed by atoms with Gasteiger partial charge in [-0.05, 0) is 27.7 Å². The van der Waals surface area contributed by atoms with Gasteiger partial charge in [0.15, 0.2) is 5.75 Å². The Hall–Kier alpha value is -1.45. The maximum atomic E-state index is 11.5. The molecule has 0 unspecified atom stereocenters. The SMILES string of the molecule is CCOC(=O)c1oc(C)cc1OC(C)C. The van der Waals surface area contributed by atoms with E-state index in [-0.39, 0.29) is 11.9 Å². The number of carbonyl (C=O) groups excluding carboxylic acids is 1. The molecule has 0 saturated carbocycles. The molecule has 1 heterocycles. The molecule has 4 nitrogen and oxygen atoms in total. The third kappa shape index (κ3) is 3.01. The lowest BCUT2D eigenvalue weighted by Gasteiger charge is -2.08. The highest BCUT2D eigenvalue weighted by atomic mass is 16.6. The lowest BCUT2D eigenvalue weighted by atomic mass is 10.3. The van der Waals surface area contributed by atoms with Crippen molar-refractivity contribution in [1.29, 1.82) is 0 Å². The molecule has 0 aliphatic carbocycles. The maximum Gasteiger partial charge on any atom is 0.378 e. The lowest BCUT2D eigenvalue weighted by molar-refractivity contribution is 0.0480. The van der Waals surface area contributed by atoms with Gasteiger partial charge in [-0.2, -0.15) is 0 Å². The number of esters is 1. The molecule has 4 heteroatoms. The predicted molar refractivity (Wildman–Crippen MR) is 55.2 cm³/mol. The fraction of sp³-hybridized carbons (Fsp3) is 0.545. The summed E-state index contributed by atoms with van der Waals surface area (Å²) in [6.07, 6.45) is -0.00447. The van der Waals surface area contributed by atoms with Gasteiger partial charge in [-0.15, -0.1) is 0 Å². The molecule has 0 radical (unpaired) electrons. The third-order valence-electron chi connectivity index (χ3n) is 1.64. The van der Waals surface area contributed by atoms with Crippen LogP contribution in [-0.2, 0) is 4.74 Å². The number of ether oxygens (including phenoxy) is 2. The molecule has 0 aromatic carbocycles. The van der Waals surface area contributed by atoms with Crippen LogP contribution in [0.2, 0.25) is 0 Å². The number of carbonyl (C=O) groups is 1. The molecule has 0 spiro atoms. The van der Waals surface area contributed by atoms with Gasteiger partial charge in [0, 0.05) is 6.07 Å². The van der Waals surface area contributed by atoms with Crippen molar-refractivity contribution in [2.24, 2.45) is 0 Å². The van der Waals surface area contributed by atoms with Gasteiger partial charge in [0.2, 0.25) is 0 Å². The van der Waals surface area contributed by atoms with Crippen molar-refractivity contribution in [3.05, 3.63) is 17.6 Å². The van der Waals surface area contributed by atoms with Gasteiger partial charge in [0.25, 0.3) is 5.76 Å². The third-order valence-corrected chi connectivity index (χ3v) is 1.64. The number of rotatable bonds is 4. The number of hydrogen-bond donors (Lipinski definition) is 0. The Kier molecular flexibility index (Phi) is 3.77.